The highest BCUT2D eigenvalue weighted by atomic mass is 15.2. The van der Waals surface area contributed by atoms with Crippen molar-refractivity contribution in [3.05, 3.63) is 35.4 Å². The SMILES string of the molecule is CC.Cc1cccc(CN2CCNCC2)c1. The molecule has 2 rings (SSSR count). The van der Waals surface area contributed by atoms with Gasteiger partial charge in [0.15, 0.2) is 0 Å². The van der Waals surface area contributed by atoms with Crippen LogP contribution in [0.5, 0.6) is 0 Å². The van der Waals surface area contributed by atoms with Gasteiger partial charge >= 0.3 is 0 Å². The van der Waals surface area contributed by atoms with Crippen LogP contribution in [0.3, 0.4) is 0 Å². The zero-order valence-electron chi connectivity index (χ0n) is 10.8. The standard InChI is InChI=1S/C12H18N2.C2H6/c1-11-3-2-4-12(9-11)10-14-7-5-13-6-8-14;1-2/h2-4,9,13H,5-8,10H2,1H3;1-2H3. The summed E-state index contributed by atoms with van der Waals surface area (Å²) in [4.78, 5) is 2.51. The minimum Gasteiger partial charge on any atom is -0.314 e. The number of benzene rings is 1. The molecule has 0 aromatic heterocycles. The fraction of sp³-hybridized carbons (Fsp3) is 0.571. The summed E-state index contributed by atoms with van der Waals surface area (Å²) in [6.07, 6.45) is 0. The molecule has 90 valence electrons. The minimum atomic E-state index is 1.10. The van der Waals surface area contributed by atoms with E-state index in [0.717, 1.165) is 19.6 Å². The molecular formula is C14H24N2. The molecule has 0 radical (unpaired) electrons. The first-order valence-electron chi connectivity index (χ1n) is 6.33. The van der Waals surface area contributed by atoms with E-state index in [1.807, 2.05) is 13.8 Å². The maximum atomic E-state index is 3.37. The Balaban J connectivity index is 0.000000606. The van der Waals surface area contributed by atoms with E-state index in [1.165, 1.54) is 24.2 Å². The van der Waals surface area contributed by atoms with E-state index in [2.05, 4.69) is 41.4 Å². The first kappa shape index (κ1) is 13.2. The fourth-order valence-electron chi connectivity index (χ4n) is 1.94. The van der Waals surface area contributed by atoms with Gasteiger partial charge in [0.25, 0.3) is 0 Å². The fourth-order valence-corrected chi connectivity index (χ4v) is 1.94. The van der Waals surface area contributed by atoms with Crippen molar-refractivity contribution in [2.24, 2.45) is 0 Å². The van der Waals surface area contributed by atoms with Crippen LogP contribution in [0.1, 0.15) is 25.0 Å². The van der Waals surface area contributed by atoms with E-state index in [4.69, 9.17) is 0 Å². The highest BCUT2D eigenvalue weighted by Gasteiger charge is 2.09. The van der Waals surface area contributed by atoms with Crippen LogP contribution >= 0.6 is 0 Å². The molecule has 16 heavy (non-hydrogen) atoms. The first-order chi connectivity index (χ1) is 7.84. The Morgan fingerprint density at radius 2 is 1.88 bits per heavy atom. The zero-order chi connectivity index (χ0) is 11.8. The van der Waals surface area contributed by atoms with Gasteiger partial charge in [0, 0.05) is 32.7 Å². The summed E-state index contributed by atoms with van der Waals surface area (Å²) in [6.45, 7) is 11.9. The highest BCUT2D eigenvalue weighted by Crippen LogP contribution is 2.07. The second-order valence-corrected chi connectivity index (χ2v) is 4.02. The van der Waals surface area contributed by atoms with Crippen molar-refractivity contribution >= 4 is 0 Å². The highest BCUT2D eigenvalue weighted by molar-refractivity contribution is 5.22. The predicted molar refractivity (Wildman–Crippen MR) is 70.7 cm³/mol. The summed E-state index contributed by atoms with van der Waals surface area (Å²) in [5.74, 6) is 0. The van der Waals surface area contributed by atoms with Crippen LogP contribution in [-0.2, 0) is 6.54 Å². The predicted octanol–water partition coefficient (Wildman–Crippen LogP) is 2.43. The summed E-state index contributed by atoms with van der Waals surface area (Å²) >= 11 is 0. The molecule has 1 N–H and O–H groups in total. The number of hydrogen-bond acceptors (Lipinski definition) is 2. The number of rotatable bonds is 2. The van der Waals surface area contributed by atoms with E-state index in [0.29, 0.717) is 0 Å². The van der Waals surface area contributed by atoms with Crippen LogP contribution in [0.4, 0.5) is 0 Å². The molecule has 1 aliphatic heterocycles. The third kappa shape index (κ3) is 4.33. The number of hydrogen-bond donors (Lipinski definition) is 1. The lowest BCUT2D eigenvalue weighted by molar-refractivity contribution is 0.233. The van der Waals surface area contributed by atoms with E-state index in [9.17, 15) is 0 Å². The Bertz CT molecular complexity index is 291. The molecule has 1 heterocycles. The summed E-state index contributed by atoms with van der Waals surface area (Å²) in [5, 5.41) is 3.37. The van der Waals surface area contributed by atoms with E-state index in [-0.39, 0.29) is 0 Å². The van der Waals surface area contributed by atoms with Crippen molar-refractivity contribution in [2.75, 3.05) is 26.2 Å². The molecule has 2 nitrogen and oxygen atoms in total. The topological polar surface area (TPSA) is 15.3 Å². The van der Waals surface area contributed by atoms with Crippen molar-refractivity contribution in [3.8, 4) is 0 Å². The van der Waals surface area contributed by atoms with Gasteiger partial charge < -0.3 is 5.32 Å². The van der Waals surface area contributed by atoms with E-state index >= 15 is 0 Å². The van der Waals surface area contributed by atoms with Crippen molar-refractivity contribution in [1.82, 2.24) is 10.2 Å². The van der Waals surface area contributed by atoms with Gasteiger partial charge in [0.05, 0.1) is 0 Å². The molecule has 0 amide bonds. The lowest BCUT2D eigenvalue weighted by atomic mass is 10.1. The molecular weight excluding hydrogens is 196 g/mol. The monoisotopic (exact) mass is 220 g/mol. The molecule has 1 aromatic carbocycles. The lowest BCUT2D eigenvalue weighted by Crippen LogP contribution is -2.42. The molecule has 0 atom stereocenters. The number of nitrogens with one attached hydrogen (secondary N) is 1. The maximum absolute atomic E-state index is 3.37. The molecule has 0 saturated carbocycles. The first-order valence-corrected chi connectivity index (χ1v) is 6.33. The van der Waals surface area contributed by atoms with Crippen LogP contribution in [-0.4, -0.2) is 31.1 Å². The van der Waals surface area contributed by atoms with Crippen LogP contribution < -0.4 is 5.32 Å². The molecule has 1 aliphatic rings. The van der Waals surface area contributed by atoms with E-state index in [1.54, 1.807) is 0 Å². The third-order valence-electron chi connectivity index (χ3n) is 2.70. The van der Waals surface area contributed by atoms with Crippen LogP contribution in [0.25, 0.3) is 0 Å². The third-order valence-corrected chi connectivity index (χ3v) is 2.70. The quantitative estimate of drug-likeness (QED) is 0.823. The smallest absolute Gasteiger partial charge is 0.0234 e. The van der Waals surface area contributed by atoms with Gasteiger partial charge in [-0.15, -0.1) is 0 Å². The normalized spacial score (nSPS) is 16.4. The van der Waals surface area contributed by atoms with Crippen molar-refractivity contribution < 1.29 is 0 Å². The molecule has 0 aliphatic carbocycles. The molecule has 1 saturated heterocycles. The summed E-state index contributed by atoms with van der Waals surface area (Å²) in [7, 11) is 0. The average Bonchev–Trinajstić information content (AvgIpc) is 2.33. The van der Waals surface area contributed by atoms with Crippen LogP contribution in [0, 0.1) is 6.92 Å². The second-order valence-electron chi connectivity index (χ2n) is 4.02. The van der Waals surface area contributed by atoms with Crippen molar-refractivity contribution in [2.45, 2.75) is 27.3 Å². The Morgan fingerprint density at radius 3 is 2.50 bits per heavy atom. The van der Waals surface area contributed by atoms with Gasteiger partial charge in [-0.3, -0.25) is 4.90 Å². The van der Waals surface area contributed by atoms with Crippen molar-refractivity contribution in [1.29, 1.82) is 0 Å². The Hall–Kier alpha value is -0.860. The number of nitrogens with zero attached hydrogens (tertiary/aromatic N) is 1. The molecule has 0 spiro atoms. The second kappa shape index (κ2) is 7.42. The van der Waals surface area contributed by atoms with E-state index < -0.39 is 0 Å². The van der Waals surface area contributed by atoms with Gasteiger partial charge in [-0.1, -0.05) is 43.7 Å². The van der Waals surface area contributed by atoms with Gasteiger partial charge in [-0.05, 0) is 12.5 Å². The molecule has 1 aromatic rings. The number of piperazine rings is 1. The van der Waals surface area contributed by atoms with Gasteiger partial charge in [-0.2, -0.15) is 0 Å². The summed E-state index contributed by atoms with van der Waals surface area (Å²) < 4.78 is 0. The number of aryl methyl sites for hydroxylation is 1. The van der Waals surface area contributed by atoms with Crippen LogP contribution in [0.2, 0.25) is 0 Å². The largest absolute Gasteiger partial charge is 0.314 e. The summed E-state index contributed by atoms with van der Waals surface area (Å²) in [6, 6.07) is 8.80. The Labute approximate surface area is 99.7 Å². The molecule has 1 fully saturated rings. The Kier molecular flexibility index (Phi) is 6.12. The average molecular weight is 220 g/mol. The summed E-state index contributed by atoms with van der Waals surface area (Å²) in [5.41, 5.74) is 2.80. The lowest BCUT2D eigenvalue weighted by Gasteiger charge is -2.27. The maximum Gasteiger partial charge on any atom is 0.0234 e. The van der Waals surface area contributed by atoms with Gasteiger partial charge in [0.1, 0.15) is 0 Å². The molecule has 0 unspecified atom stereocenters. The van der Waals surface area contributed by atoms with Gasteiger partial charge in [0.2, 0.25) is 0 Å². The Morgan fingerprint density at radius 1 is 1.19 bits per heavy atom. The molecule has 0 bridgehead atoms. The van der Waals surface area contributed by atoms with Gasteiger partial charge in [-0.25, -0.2) is 0 Å². The zero-order valence-corrected chi connectivity index (χ0v) is 10.8. The minimum absolute atomic E-state index is 1.10. The van der Waals surface area contributed by atoms with Crippen LogP contribution in [0.15, 0.2) is 24.3 Å². The molecule has 2 heteroatoms. The van der Waals surface area contributed by atoms with Crippen molar-refractivity contribution in [3.63, 3.8) is 0 Å².